The lowest BCUT2D eigenvalue weighted by Gasteiger charge is -2.10. The highest BCUT2D eigenvalue weighted by molar-refractivity contribution is 5.47. The summed E-state index contributed by atoms with van der Waals surface area (Å²) < 4.78 is 10.4. The van der Waals surface area contributed by atoms with Gasteiger partial charge in [-0.15, -0.1) is 0 Å². The van der Waals surface area contributed by atoms with E-state index in [0.717, 1.165) is 5.56 Å². The Balaban J connectivity index is 2.09. The largest absolute Gasteiger partial charge is 0.493 e. The third-order valence-corrected chi connectivity index (χ3v) is 2.88. The number of pyridine rings is 1. The predicted octanol–water partition coefficient (Wildman–Crippen LogP) is 2.62. The predicted molar refractivity (Wildman–Crippen MR) is 77.8 cm³/mol. The lowest BCUT2D eigenvalue weighted by Crippen LogP contribution is -2.02. The van der Waals surface area contributed by atoms with Crippen LogP contribution in [0.4, 0.5) is 11.5 Å². The number of ether oxygens (including phenoxy) is 2. The second kappa shape index (κ2) is 6.56. The minimum atomic E-state index is -0.455. The molecule has 0 bridgehead atoms. The molecule has 0 unspecified atom stereocenters. The van der Waals surface area contributed by atoms with Crippen molar-refractivity contribution in [3.05, 3.63) is 52.2 Å². The van der Waals surface area contributed by atoms with Gasteiger partial charge in [-0.05, 0) is 17.7 Å². The van der Waals surface area contributed by atoms with Gasteiger partial charge in [-0.25, -0.2) is 4.98 Å². The molecule has 1 aromatic heterocycles. The van der Waals surface area contributed by atoms with Crippen molar-refractivity contribution in [1.29, 1.82) is 0 Å². The quantitative estimate of drug-likeness (QED) is 0.649. The maximum absolute atomic E-state index is 10.7. The van der Waals surface area contributed by atoms with E-state index in [1.165, 1.54) is 18.3 Å². The molecule has 1 heterocycles. The monoisotopic (exact) mass is 289 g/mol. The van der Waals surface area contributed by atoms with Crippen LogP contribution in [-0.4, -0.2) is 24.1 Å². The highest BCUT2D eigenvalue weighted by Gasteiger charge is 2.08. The molecule has 7 nitrogen and oxygen atoms in total. The highest BCUT2D eigenvalue weighted by atomic mass is 16.6. The van der Waals surface area contributed by atoms with Gasteiger partial charge in [0.25, 0.3) is 5.69 Å². The molecule has 0 aliphatic heterocycles. The van der Waals surface area contributed by atoms with Gasteiger partial charge in [-0.2, -0.15) is 0 Å². The molecule has 1 N–H and O–H groups in total. The minimum absolute atomic E-state index is 0.000175. The number of nitrogens with one attached hydrogen (secondary N) is 1. The Bertz CT molecular complexity index is 646. The standard InChI is InChI=1S/C14H15N3O4/c1-20-12-4-3-10(7-13(12)21-2)9-16-14-8-11(17(18)19)5-6-15-14/h3-8H,9H2,1-2H3,(H,15,16). The Hall–Kier alpha value is -2.83. The molecule has 0 radical (unpaired) electrons. The lowest BCUT2D eigenvalue weighted by molar-refractivity contribution is -0.384. The zero-order valence-electron chi connectivity index (χ0n) is 11.7. The van der Waals surface area contributed by atoms with Crippen LogP contribution >= 0.6 is 0 Å². The van der Waals surface area contributed by atoms with Gasteiger partial charge in [-0.3, -0.25) is 10.1 Å². The summed E-state index contributed by atoms with van der Waals surface area (Å²) in [5.41, 5.74) is 0.945. The number of nitro groups is 1. The molecule has 0 fully saturated rings. The normalized spacial score (nSPS) is 10.0. The fourth-order valence-electron chi connectivity index (χ4n) is 1.81. The Morgan fingerprint density at radius 1 is 1.19 bits per heavy atom. The van der Waals surface area contributed by atoms with Crippen molar-refractivity contribution in [3.63, 3.8) is 0 Å². The second-order valence-corrected chi connectivity index (χ2v) is 4.20. The molecule has 0 amide bonds. The van der Waals surface area contributed by atoms with Gasteiger partial charge >= 0.3 is 0 Å². The SMILES string of the molecule is COc1ccc(CNc2cc([N+](=O)[O-])ccn2)cc1OC. The Labute approximate surface area is 121 Å². The van der Waals surface area contributed by atoms with Gasteiger partial charge in [0.1, 0.15) is 5.82 Å². The van der Waals surface area contributed by atoms with Crippen molar-refractivity contribution >= 4 is 11.5 Å². The number of aromatic nitrogens is 1. The van der Waals surface area contributed by atoms with Crippen LogP contribution in [0.1, 0.15) is 5.56 Å². The molecule has 0 aliphatic carbocycles. The first-order chi connectivity index (χ1) is 10.1. The summed E-state index contributed by atoms with van der Waals surface area (Å²) in [6, 6.07) is 8.26. The summed E-state index contributed by atoms with van der Waals surface area (Å²) in [5, 5.41) is 13.7. The summed E-state index contributed by atoms with van der Waals surface area (Å²) in [5.74, 6) is 1.72. The van der Waals surface area contributed by atoms with Gasteiger partial charge in [0.15, 0.2) is 11.5 Å². The first-order valence-electron chi connectivity index (χ1n) is 6.19. The smallest absolute Gasteiger partial charge is 0.274 e. The molecule has 0 saturated heterocycles. The third kappa shape index (κ3) is 3.59. The van der Waals surface area contributed by atoms with Gasteiger partial charge in [0.2, 0.25) is 0 Å². The molecule has 0 saturated carbocycles. The molecule has 7 heteroatoms. The van der Waals surface area contributed by atoms with E-state index in [1.54, 1.807) is 20.3 Å². The lowest BCUT2D eigenvalue weighted by atomic mass is 10.2. The second-order valence-electron chi connectivity index (χ2n) is 4.20. The maximum atomic E-state index is 10.7. The van der Waals surface area contributed by atoms with Crippen LogP contribution in [-0.2, 0) is 6.54 Å². The van der Waals surface area contributed by atoms with E-state index in [2.05, 4.69) is 10.3 Å². The number of hydrogen-bond donors (Lipinski definition) is 1. The van der Waals surface area contributed by atoms with Crippen molar-refractivity contribution in [1.82, 2.24) is 4.98 Å². The van der Waals surface area contributed by atoms with Crippen LogP contribution in [0.5, 0.6) is 11.5 Å². The molecule has 110 valence electrons. The van der Waals surface area contributed by atoms with Crippen molar-refractivity contribution < 1.29 is 14.4 Å². The van der Waals surface area contributed by atoms with Gasteiger partial charge in [0, 0.05) is 18.8 Å². The first-order valence-corrected chi connectivity index (χ1v) is 6.19. The van der Waals surface area contributed by atoms with Crippen molar-refractivity contribution in [2.24, 2.45) is 0 Å². The summed E-state index contributed by atoms with van der Waals surface area (Å²) >= 11 is 0. The number of nitrogens with zero attached hydrogens (tertiary/aromatic N) is 2. The number of anilines is 1. The number of benzene rings is 1. The first kappa shape index (κ1) is 14.6. The van der Waals surface area contributed by atoms with Crippen LogP contribution in [0.15, 0.2) is 36.5 Å². The molecular formula is C14H15N3O4. The van der Waals surface area contributed by atoms with Gasteiger partial charge in [0.05, 0.1) is 25.2 Å². The molecule has 1 aromatic carbocycles. The zero-order chi connectivity index (χ0) is 15.2. The van der Waals surface area contributed by atoms with E-state index < -0.39 is 4.92 Å². The third-order valence-electron chi connectivity index (χ3n) is 2.88. The van der Waals surface area contributed by atoms with Crippen LogP contribution < -0.4 is 14.8 Å². The molecule has 0 spiro atoms. The minimum Gasteiger partial charge on any atom is -0.493 e. The summed E-state index contributed by atoms with van der Waals surface area (Å²) in [6.45, 7) is 0.467. The van der Waals surface area contributed by atoms with E-state index in [-0.39, 0.29) is 5.69 Å². The zero-order valence-corrected chi connectivity index (χ0v) is 11.7. The molecule has 0 aliphatic rings. The molecular weight excluding hydrogens is 274 g/mol. The summed E-state index contributed by atoms with van der Waals surface area (Å²) in [7, 11) is 3.14. The fourth-order valence-corrected chi connectivity index (χ4v) is 1.81. The number of rotatable bonds is 6. The fraction of sp³-hybridized carbons (Fsp3) is 0.214. The Kier molecular flexibility index (Phi) is 4.55. The molecule has 2 aromatic rings. The van der Waals surface area contributed by atoms with E-state index in [1.807, 2.05) is 12.1 Å². The van der Waals surface area contributed by atoms with E-state index >= 15 is 0 Å². The molecule has 21 heavy (non-hydrogen) atoms. The summed E-state index contributed by atoms with van der Waals surface area (Å²) in [4.78, 5) is 14.3. The van der Waals surface area contributed by atoms with Crippen molar-refractivity contribution in [3.8, 4) is 11.5 Å². The van der Waals surface area contributed by atoms with Crippen LogP contribution in [0, 0.1) is 10.1 Å². The van der Waals surface area contributed by atoms with Gasteiger partial charge in [-0.1, -0.05) is 6.07 Å². The van der Waals surface area contributed by atoms with Crippen molar-refractivity contribution in [2.45, 2.75) is 6.54 Å². The number of methoxy groups -OCH3 is 2. The van der Waals surface area contributed by atoms with E-state index in [0.29, 0.717) is 23.9 Å². The van der Waals surface area contributed by atoms with Crippen molar-refractivity contribution in [2.75, 3.05) is 19.5 Å². The average Bonchev–Trinajstić information content (AvgIpc) is 2.52. The van der Waals surface area contributed by atoms with Crippen LogP contribution in [0.2, 0.25) is 0 Å². The molecule has 2 rings (SSSR count). The summed E-state index contributed by atoms with van der Waals surface area (Å²) in [6.07, 6.45) is 1.40. The highest BCUT2D eigenvalue weighted by Crippen LogP contribution is 2.27. The van der Waals surface area contributed by atoms with Crippen LogP contribution in [0.25, 0.3) is 0 Å². The Morgan fingerprint density at radius 3 is 2.62 bits per heavy atom. The van der Waals surface area contributed by atoms with E-state index in [4.69, 9.17) is 9.47 Å². The average molecular weight is 289 g/mol. The van der Waals surface area contributed by atoms with E-state index in [9.17, 15) is 10.1 Å². The van der Waals surface area contributed by atoms with Crippen LogP contribution in [0.3, 0.4) is 0 Å². The number of hydrogen-bond acceptors (Lipinski definition) is 6. The molecule has 0 atom stereocenters. The van der Waals surface area contributed by atoms with Gasteiger partial charge < -0.3 is 14.8 Å². The Morgan fingerprint density at radius 2 is 1.95 bits per heavy atom. The topological polar surface area (TPSA) is 86.5 Å². The maximum Gasteiger partial charge on any atom is 0.274 e.